The first-order valence-corrected chi connectivity index (χ1v) is 7.64. The van der Waals surface area contributed by atoms with Gasteiger partial charge in [0, 0.05) is 25.1 Å². The highest BCUT2D eigenvalue weighted by molar-refractivity contribution is 5.93. The average molecular weight is 319 g/mol. The van der Waals surface area contributed by atoms with Crippen molar-refractivity contribution in [2.75, 3.05) is 11.9 Å². The lowest BCUT2D eigenvalue weighted by Crippen LogP contribution is -2.37. The second-order valence-electron chi connectivity index (χ2n) is 5.58. The minimum atomic E-state index is -0.873. The van der Waals surface area contributed by atoms with Crippen molar-refractivity contribution in [3.05, 3.63) is 29.3 Å². The zero-order valence-electron chi connectivity index (χ0n) is 13.0. The molecule has 1 atom stereocenters. The molecule has 1 aliphatic rings. The molecular weight excluding hydrogens is 298 g/mol. The number of hydrogen-bond acceptors (Lipinski definition) is 3. The van der Waals surface area contributed by atoms with E-state index in [9.17, 15) is 14.4 Å². The van der Waals surface area contributed by atoms with E-state index < -0.39 is 5.97 Å². The summed E-state index contributed by atoms with van der Waals surface area (Å²) in [6.45, 7) is 2.20. The minimum absolute atomic E-state index is 0.0252. The summed E-state index contributed by atoms with van der Waals surface area (Å²) >= 11 is 0. The van der Waals surface area contributed by atoms with Gasteiger partial charge in [0.2, 0.25) is 5.91 Å². The predicted octanol–water partition coefficient (Wildman–Crippen LogP) is 1.80. The SMILES string of the molecule is CC(NC(=O)NCCCC(=O)O)c1ccc2c(c1)CCC(=O)N2. The Kier molecular flexibility index (Phi) is 5.56. The molecule has 4 N–H and O–H groups in total. The maximum absolute atomic E-state index is 11.8. The Labute approximate surface area is 134 Å². The summed E-state index contributed by atoms with van der Waals surface area (Å²) in [7, 11) is 0. The molecule has 7 nitrogen and oxygen atoms in total. The van der Waals surface area contributed by atoms with Crippen LogP contribution >= 0.6 is 0 Å². The number of hydrogen-bond donors (Lipinski definition) is 4. The predicted molar refractivity (Wildman–Crippen MR) is 85.2 cm³/mol. The monoisotopic (exact) mass is 319 g/mol. The molecule has 1 heterocycles. The summed E-state index contributed by atoms with van der Waals surface area (Å²) < 4.78 is 0. The van der Waals surface area contributed by atoms with E-state index in [0.29, 0.717) is 25.8 Å². The van der Waals surface area contributed by atoms with E-state index >= 15 is 0 Å². The zero-order chi connectivity index (χ0) is 16.8. The number of carboxylic acids is 1. The third kappa shape index (κ3) is 4.98. The van der Waals surface area contributed by atoms with E-state index in [1.807, 2.05) is 25.1 Å². The number of rotatable bonds is 6. The lowest BCUT2D eigenvalue weighted by molar-refractivity contribution is -0.137. The van der Waals surface area contributed by atoms with E-state index in [0.717, 1.165) is 16.8 Å². The molecular formula is C16H21N3O4. The van der Waals surface area contributed by atoms with Crippen molar-refractivity contribution < 1.29 is 19.5 Å². The van der Waals surface area contributed by atoms with Gasteiger partial charge in [-0.1, -0.05) is 12.1 Å². The summed E-state index contributed by atoms with van der Waals surface area (Å²) in [5, 5.41) is 16.8. The van der Waals surface area contributed by atoms with Gasteiger partial charge in [-0.05, 0) is 37.0 Å². The summed E-state index contributed by atoms with van der Waals surface area (Å²) in [5.74, 6) is -0.848. The van der Waals surface area contributed by atoms with Crippen LogP contribution in [0.5, 0.6) is 0 Å². The number of urea groups is 1. The Morgan fingerprint density at radius 2 is 2.13 bits per heavy atom. The number of carbonyl (C=O) groups is 3. The molecule has 0 fully saturated rings. The fourth-order valence-electron chi connectivity index (χ4n) is 2.45. The highest BCUT2D eigenvalue weighted by Crippen LogP contribution is 2.26. The third-order valence-electron chi connectivity index (χ3n) is 3.73. The minimum Gasteiger partial charge on any atom is -0.481 e. The Morgan fingerprint density at radius 3 is 2.87 bits per heavy atom. The van der Waals surface area contributed by atoms with Gasteiger partial charge in [0.1, 0.15) is 0 Å². The maximum atomic E-state index is 11.8. The molecule has 0 aromatic heterocycles. The lowest BCUT2D eigenvalue weighted by atomic mass is 9.98. The van der Waals surface area contributed by atoms with Gasteiger partial charge < -0.3 is 21.1 Å². The fourth-order valence-corrected chi connectivity index (χ4v) is 2.45. The number of amides is 3. The van der Waals surface area contributed by atoms with Crippen molar-refractivity contribution in [1.29, 1.82) is 0 Å². The molecule has 0 saturated carbocycles. The fraction of sp³-hybridized carbons (Fsp3) is 0.438. The van der Waals surface area contributed by atoms with Crippen molar-refractivity contribution in [1.82, 2.24) is 10.6 Å². The molecule has 1 unspecified atom stereocenters. The van der Waals surface area contributed by atoms with Crippen LogP contribution in [0.25, 0.3) is 0 Å². The molecule has 0 spiro atoms. The standard InChI is InChI=1S/C16H21N3O4/c1-10(18-16(23)17-8-2-3-15(21)22)11-4-6-13-12(9-11)5-7-14(20)19-13/h4,6,9-10H,2-3,5,7-8H2,1H3,(H,19,20)(H,21,22)(H2,17,18,23). The van der Waals surface area contributed by atoms with E-state index in [1.165, 1.54) is 0 Å². The normalized spacial score (nSPS) is 14.4. The Bertz CT molecular complexity index is 615. The smallest absolute Gasteiger partial charge is 0.315 e. The second-order valence-corrected chi connectivity index (χ2v) is 5.58. The van der Waals surface area contributed by atoms with Crippen LogP contribution in [0.4, 0.5) is 10.5 Å². The van der Waals surface area contributed by atoms with E-state index in [-0.39, 0.29) is 24.4 Å². The van der Waals surface area contributed by atoms with Crippen LogP contribution in [0, 0.1) is 0 Å². The maximum Gasteiger partial charge on any atom is 0.315 e. The lowest BCUT2D eigenvalue weighted by Gasteiger charge is -2.20. The van der Waals surface area contributed by atoms with Crippen LogP contribution in [0.15, 0.2) is 18.2 Å². The number of benzene rings is 1. The summed E-state index contributed by atoms with van der Waals surface area (Å²) in [4.78, 5) is 33.5. The number of carboxylic acid groups (broad SMARTS) is 1. The first-order valence-electron chi connectivity index (χ1n) is 7.64. The van der Waals surface area contributed by atoms with Crippen LogP contribution in [-0.2, 0) is 16.0 Å². The van der Waals surface area contributed by atoms with Gasteiger partial charge >= 0.3 is 12.0 Å². The molecule has 124 valence electrons. The molecule has 1 aromatic rings. The van der Waals surface area contributed by atoms with E-state index in [2.05, 4.69) is 16.0 Å². The third-order valence-corrected chi connectivity index (χ3v) is 3.73. The summed E-state index contributed by atoms with van der Waals surface area (Å²) in [5.41, 5.74) is 2.86. The van der Waals surface area contributed by atoms with Gasteiger partial charge in [0.15, 0.2) is 0 Å². The quantitative estimate of drug-likeness (QED) is 0.600. The Morgan fingerprint density at radius 1 is 1.35 bits per heavy atom. The van der Waals surface area contributed by atoms with E-state index in [4.69, 9.17) is 5.11 Å². The topological polar surface area (TPSA) is 108 Å². The van der Waals surface area contributed by atoms with Crippen molar-refractivity contribution in [2.45, 2.75) is 38.6 Å². The van der Waals surface area contributed by atoms with Gasteiger partial charge in [0.25, 0.3) is 0 Å². The van der Waals surface area contributed by atoms with Crippen LogP contribution in [0.1, 0.15) is 43.4 Å². The highest BCUT2D eigenvalue weighted by atomic mass is 16.4. The first kappa shape index (κ1) is 16.8. The number of anilines is 1. The Hall–Kier alpha value is -2.57. The molecule has 0 radical (unpaired) electrons. The summed E-state index contributed by atoms with van der Waals surface area (Å²) in [6.07, 6.45) is 1.60. The molecule has 23 heavy (non-hydrogen) atoms. The molecule has 7 heteroatoms. The van der Waals surface area contributed by atoms with Crippen LogP contribution in [0.2, 0.25) is 0 Å². The number of carbonyl (C=O) groups excluding carboxylic acids is 2. The van der Waals surface area contributed by atoms with Crippen molar-refractivity contribution >= 4 is 23.6 Å². The van der Waals surface area contributed by atoms with Crippen molar-refractivity contribution in [3.63, 3.8) is 0 Å². The van der Waals surface area contributed by atoms with E-state index in [1.54, 1.807) is 0 Å². The summed E-state index contributed by atoms with van der Waals surface area (Å²) in [6, 6.07) is 5.21. The van der Waals surface area contributed by atoms with Crippen LogP contribution in [0.3, 0.4) is 0 Å². The van der Waals surface area contributed by atoms with Gasteiger partial charge in [-0.25, -0.2) is 4.79 Å². The Balaban J connectivity index is 1.85. The molecule has 0 aliphatic carbocycles. The molecule has 0 saturated heterocycles. The molecule has 1 aliphatic heterocycles. The van der Waals surface area contributed by atoms with Crippen LogP contribution < -0.4 is 16.0 Å². The number of aryl methyl sites for hydroxylation is 1. The van der Waals surface area contributed by atoms with Crippen molar-refractivity contribution in [3.8, 4) is 0 Å². The van der Waals surface area contributed by atoms with Crippen molar-refractivity contribution in [2.24, 2.45) is 0 Å². The molecule has 1 aromatic carbocycles. The second kappa shape index (κ2) is 7.62. The number of aliphatic carboxylic acids is 1. The largest absolute Gasteiger partial charge is 0.481 e. The highest BCUT2D eigenvalue weighted by Gasteiger charge is 2.17. The van der Waals surface area contributed by atoms with Gasteiger partial charge in [-0.15, -0.1) is 0 Å². The van der Waals surface area contributed by atoms with Crippen LogP contribution in [-0.4, -0.2) is 29.6 Å². The molecule has 0 bridgehead atoms. The zero-order valence-corrected chi connectivity index (χ0v) is 13.0. The average Bonchev–Trinajstić information content (AvgIpc) is 2.50. The van der Waals surface area contributed by atoms with Gasteiger partial charge in [0.05, 0.1) is 6.04 Å². The molecule has 3 amide bonds. The number of fused-ring (bicyclic) bond motifs is 1. The molecule has 2 rings (SSSR count). The number of nitrogens with one attached hydrogen (secondary N) is 3. The first-order chi connectivity index (χ1) is 11.0. The van der Waals surface area contributed by atoms with Gasteiger partial charge in [-0.2, -0.15) is 0 Å². The van der Waals surface area contributed by atoms with Gasteiger partial charge in [-0.3, -0.25) is 9.59 Å².